The van der Waals surface area contributed by atoms with Gasteiger partial charge in [0.05, 0.1) is 11.8 Å². The number of nitrogens with zero attached hydrogens (tertiary/aromatic N) is 2. The van der Waals surface area contributed by atoms with Crippen LogP contribution >= 0.6 is 23.2 Å². The van der Waals surface area contributed by atoms with E-state index in [0.717, 1.165) is 18.2 Å². The van der Waals surface area contributed by atoms with E-state index >= 15 is 0 Å². The van der Waals surface area contributed by atoms with Gasteiger partial charge in [0.15, 0.2) is 44.6 Å². The molecule has 2 aromatic carbocycles. The van der Waals surface area contributed by atoms with Gasteiger partial charge in [0.2, 0.25) is 5.82 Å². The average molecular weight is 635 g/mol. The molecule has 220 valence electrons. The zero-order valence-corrected chi connectivity index (χ0v) is 22.0. The highest BCUT2D eigenvalue weighted by atomic mass is 35.5. The molecule has 0 radical (unpaired) electrons. The molecule has 2 N–H and O–H groups in total. The molecule has 0 bridgehead atoms. The highest BCUT2D eigenvalue weighted by Crippen LogP contribution is 2.66. The average Bonchev–Trinajstić information content (AvgIpc) is 3.26. The maximum absolute atomic E-state index is 14.9. The highest BCUT2D eigenvalue weighted by Gasteiger charge is 2.77. The Bertz CT molecular complexity index is 1680. The number of rotatable bonds is 2. The number of carbonyl (C=O) groups is 4. The molecule has 16 heteroatoms. The van der Waals surface area contributed by atoms with Crippen molar-refractivity contribution < 1.29 is 55.8 Å². The van der Waals surface area contributed by atoms with Crippen molar-refractivity contribution in [1.29, 1.82) is 0 Å². The van der Waals surface area contributed by atoms with Gasteiger partial charge in [-0.1, -0.05) is 17.7 Å². The predicted molar refractivity (Wildman–Crippen MR) is 128 cm³/mol. The fourth-order valence-corrected chi connectivity index (χ4v) is 7.56. The Labute approximate surface area is 240 Å². The molecule has 4 amide bonds. The number of alkyl halides is 2. The first kappa shape index (κ1) is 28.5. The molecule has 8 nitrogen and oxygen atoms in total. The van der Waals surface area contributed by atoms with Gasteiger partial charge in [-0.25, -0.2) is 31.2 Å². The zero-order valence-electron chi connectivity index (χ0n) is 20.5. The van der Waals surface area contributed by atoms with Crippen LogP contribution in [0.25, 0.3) is 0 Å². The van der Waals surface area contributed by atoms with Crippen molar-refractivity contribution >= 4 is 52.5 Å². The topological polar surface area (TPSA) is 115 Å². The molecule has 6 rings (SSSR count). The summed E-state index contributed by atoms with van der Waals surface area (Å²) in [5.74, 6) is -25.6. The Hall–Kier alpha value is -3.62. The highest BCUT2D eigenvalue weighted by molar-refractivity contribution is 6.58. The number of phenolic OH excluding ortho intramolecular Hbond substituents is 1. The lowest BCUT2D eigenvalue weighted by molar-refractivity contribution is -0.173. The van der Waals surface area contributed by atoms with Crippen LogP contribution in [0.15, 0.2) is 29.8 Å². The number of amides is 4. The van der Waals surface area contributed by atoms with Crippen molar-refractivity contribution in [2.24, 2.45) is 17.8 Å². The van der Waals surface area contributed by atoms with Gasteiger partial charge >= 0.3 is 0 Å². The third-order valence-corrected chi connectivity index (χ3v) is 9.92. The van der Waals surface area contributed by atoms with Crippen LogP contribution in [-0.4, -0.2) is 48.8 Å². The lowest BCUT2D eigenvalue weighted by atomic mass is 9.56. The second-order valence-corrected chi connectivity index (χ2v) is 11.6. The van der Waals surface area contributed by atoms with Crippen LogP contribution in [0.3, 0.4) is 0 Å². The van der Waals surface area contributed by atoms with E-state index in [2.05, 4.69) is 0 Å². The molecule has 2 aliphatic carbocycles. The summed E-state index contributed by atoms with van der Waals surface area (Å²) in [6, 6.07) is 2.66. The summed E-state index contributed by atoms with van der Waals surface area (Å²) >= 11 is 13.7. The van der Waals surface area contributed by atoms with E-state index in [9.17, 15) is 55.8 Å². The second-order valence-electron chi connectivity index (χ2n) is 10.4. The van der Waals surface area contributed by atoms with E-state index in [-0.39, 0.29) is 27.5 Å². The Morgan fingerprint density at radius 2 is 1.43 bits per heavy atom. The van der Waals surface area contributed by atoms with Crippen LogP contribution in [0.4, 0.5) is 32.0 Å². The van der Waals surface area contributed by atoms with Crippen molar-refractivity contribution in [2.45, 2.75) is 28.5 Å². The lowest BCUT2D eigenvalue weighted by Crippen LogP contribution is -2.60. The normalized spacial score (nSPS) is 32.3. The number of hydroxylamine groups is 2. The molecule has 2 aliphatic heterocycles. The molecular weight excluding hydrogens is 621 g/mol. The van der Waals surface area contributed by atoms with E-state index < -0.39 is 110 Å². The second kappa shape index (κ2) is 8.94. The van der Waals surface area contributed by atoms with Crippen molar-refractivity contribution in [3.8, 4) is 5.75 Å². The first-order chi connectivity index (χ1) is 19.6. The molecule has 6 atom stereocenters. The monoisotopic (exact) mass is 634 g/mol. The van der Waals surface area contributed by atoms with E-state index in [1.807, 2.05) is 0 Å². The molecular formula is C26H14Cl2F6N2O6. The van der Waals surface area contributed by atoms with Gasteiger partial charge < -0.3 is 5.11 Å². The summed E-state index contributed by atoms with van der Waals surface area (Å²) in [6.07, 6.45) is 0.400. The van der Waals surface area contributed by atoms with Gasteiger partial charge in [-0.05, 0) is 36.5 Å². The fourth-order valence-electron chi connectivity index (χ4n) is 6.63. The molecule has 4 aliphatic rings. The van der Waals surface area contributed by atoms with Crippen molar-refractivity contribution in [3.05, 3.63) is 70.3 Å². The summed E-state index contributed by atoms with van der Waals surface area (Å²) in [5, 5.41) is 19.6. The van der Waals surface area contributed by atoms with Gasteiger partial charge in [-0.2, -0.15) is 5.06 Å². The van der Waals surface area contributed by atoms with Crippen LogP contribution in [-0.2, 0) is 19.2 Å². The summed E-state index contributed by atoms with van der Waals surface area (Å²) in [5.41, 5.74) is -2.11. The van der Waals surface area contributed by atoms with Crippen LogP contribution in [0.2, 0.25) is 0 Å². The Balaban J connectivity index is 1.62. The summed E-state index contributed by atoms with van der Waals surface area (Å²) in [7, 11) is 0. The molecule has 2 aromatic rings. The Morgan fingerprint density at radius 3 is 2.02 bits per heavy atom. The summed E-state index contributed by atoms with van der Waals surface area (Å²) in [6.45, 7) is 0. The molecule has 2 heterocycles. The number of aromatic hydroxyl groups is 1. The molecule has 0 spiro atoms. The largest absolute Gasteiger partial charge is 0.505 e. The Morgan fingerprint density at radius 1 is 0.833 bits per heavy atom. The number of halogens is 8. The van der Waals surface area contributed by atoms with Crippen molar-refractivity contribution in [2.75, 3.05) is 4.90 Å². The van der Waals surface area contributed by atoms with Gasteiger partial charge in [-0.3, -0.25) is 24.4 Å². The quantitative estimate of drug-likeness (QED) is 0.0974. The lowest BCUT2D eigenvalue weighted by Gasteiger charge is -2.50. The number of benzene rings is 2. The number of hydrogen-bond donors (Lipinski definition) is 2. The van der Waals surface area contributed by atoms with Gasteiger partial charge in [0.1, 0.15) is 5.69 Å². The minimum atomic E-state index is -2.82. The number of anilines is 1. The maximum Gasteiger partial charge on any atom is 0.258 e. The van der Waals surface area contributed by atoms with E-state index in [1.54, 1.807) is 0 Å². The Kier molecular flexibility index (Phi) is 6.07. The van der Waals surface area contributed by atoms with Crippen LogP contribution in [0.1, 0.15) is 24.3 Å². The van der Waals surface area contributed by atoms with Crippen molar-refractivity contribution in [1.82, 2.24) is 5.06 Å². The van der Waals surface area contributed by atoms with Gasteiger partial charge in [0.25, 0.3) is 23.6 Å². The first-order valence-electron chi connectivity index (χ1n) is 12.1. The molecule has 42 heavy (non-hydrogen) atoms. The number of imide groups is 2. The van der Waals surface area contributed by atoms with Crippen LogP contribution < -0.4 is 4.90 Å². The smallest absolute Gasteiger partial charge is 0.258 e. The number of carbonyl (C=O) groups excluding carboxylic acids is 4. The molecule has 0 aromatic heterocycles. The predicted octanol–water partition coefficient (Wildman–Crippen LogP) is 4.18. The number of hydrogen-bond acceptors (Lipinski definition) is 6. The number of fused-ring (bicyclic) bond motifs is 4. The molecule has 2 saturated heterocycles. The molecule has 1 saturated carbocycles. The molecule has 6 unspecified atom stereocenters. The first-order valence-corrected chi connectivity index (χ1v) is 12.9. The fraction of sp³-hybridized carbons (Fsp3) is 0.308. The van der Waals surface area contributed by atoms with Crippen LogP contribution in [0.5, 0.6) is 5.75 Å². The van der Waals surface area contributed by atoms with Gasteiger partial charge in [-0.15, -0.1) is 23.2 Å². The SMILES string of the molecule is O=C1C2CC=C3C(CC4(Cl)C(=O)N(c5c(F)c(F)c(F)c(F)c5F)C(=O)C4(Cl)C3c3ccc(O)c(F)c3)C2C(=O)N1O. The number of allylic oxidation sites excluding steroid dienone is 2. The number of phenols is 1. The summed E-state index contributed by atoms with van der Waals surface area (Å²) < 4.78 is 86.5. The van der Waals surface area contributed by atoms with E-state index in [4.69, 9.17) is 23.2 Å². The van der Waals surface area contributed by atoms with Crippen LogP contribution in [0, 0.1) is 52.7 Å². The summed E-state index contributed by atoms with van der Waals surface area (Å²) in [4.78, 5) is 47.3. The van der Waals surface area contributed by atoms with Crippen molar-refractivity contribution in [3.63, 3.8) is 0 Å². The maximum atomic E-state index is 14.9. The standard InChI is InChI=1S/C26H14Cl2F6N2O6/c27-25-6-10-8(2-3-9-13(10)22(39)36(42)21(9)38)14(7-1-4-12(37)11(29)5-7)26(25,28)24(41)35(23(25)40)20-18(33)16(31)15(30)17(32)19(20)34/h1-2,4-5,9-10,13-14,37,42H,3,6H2. The van der Waals surface area contributed by atoms with E-state index in [1.165, 1.54) is 6.08 Å². The van der Waals surface area contributed by atoms with Gasteiger partial charge in [0, 0.05) is 5.92 Å². The third-order valence-electron chi connectivity index (χ3n) is 8.50. The minimum absolute atomic E-state index is 0.0597. The zero-order chi connectivity index (χ0) is 30.8. The minimum Gasteiger partial charge on any atom is -0.505 e. The van der Waals surface area contributed by atoms with E-state index in [0.29, 0.717) is 0 Å². The molecule has 3 fully saturated rings. The third kappa shape index (κ3) is 3.25.